The topological polar surface area (TPSA) is 71.1 Å². The molecule has 6 aromatic rings. The standard InChI is InChI=1S/C42H34O6S/c1-29(43)45-27-33-25-39(21-23-41(33)31-13-17-37(18-14-31)47-35-9-5-3-6-10-35)49-40-22-24-42(34(26-40)28-46-30(2)44)32-15-19-38(20-16-32)48-36-11-7-4-8-12-36/h3-26H,27-28H2,1-2H3. The van der Waals surface area contributed by atoms with Crippen LogP contribution in [0.3, 0.4) is 0 Å². The fourth-order valence-corrected chi connectivity index (χ4v) is 6.17. The van der Waals surface area contributed by atoms with Crippen molar-refractivity contribution in [2.75, 3.05) is 0 Å². The molecule has 49 heavy (non-hydrogen) atoms. The maximum absolute atomic E-state index is 11.8. The summed E-state index contributed by atoms with van der Waals surface area (Å²) in [4.78, 5) is 25.5. The Morgan fingerprint density at radius 3 is 1.20 bits per heavy atom. The number of benzene rings is 6. The lowest BCUT2D eigenvalue weighted by Crippen LogP contribution is -2.01. The van der Waals surface area contributed by atoms with E-state index in [-0.39, 0.29) is 25.2 Å². The van der Waals surface area contributed by atoms with Crippen molar-refractivity contribution in [1.29, 1.82) is 0 Å². The van der Waals surface area contributed by atoms with Gasteiger partial charge in [0.25, 0.3) is 0 Å². The zero-order chi connectivity index (χ0) is 34.0. The summed E-state index contributed by atoms with van der Waals surface area (Å²) in [6.45, 7) is 3.10. The Bertz CT molecular complexity index is 1880. The molecule has 0 atom stereocenters. The molecule has 0 bridgehead atoms. The maximum atomic E-state index is 11.8. The number of para-hydroxylation sites is 2. The third-order valence-corrected chi connectivity index (χ3v) is 8.52. The molecule has 0 saturated carbocycles. The van der Waals surface area contributed by atoms with Gasteiger partial charge in [0.1, 0.15) is 36.2 Å². The molecular formula is C42H34O6S. The Kier molecular flexibility index (Phi) is 10.7. The first-order chi connectivity index (χ1) is 23.9. The first-order valence-electron chi connectivity index (χ1n) is 15.8. The van der Waals surface area contributed by atoms with Crippen molar-refractivity contribution in [2.24, 2.45) is 0 Å². The highest BCUT2D eigenvalue weighted by Gasteiger charge is 2.13. The summed E-state index contributed by atoms with van der Waals surface area (Å²) in [5.74, 6) is 2.30. The fraction of sp³-hybridized carbons (Fsp3) is 0.0952. The number of hydrogen-bond donors (Lipinski definition) is 0. The Labute approximate surface area is 290 Å². The first-order valence-corrected chi connectivity index (χ1v) is 16.6. The van der Waals surface area contributed by atoms with Gasteiger partial charge in [-0.25, -0.2) is 0 Å². The number of ether oxygens (including phenoxy) is 4. The van der Waals surface area contributed by atoms with Crippen LogP contribution in [0.15, 0.2) is 155 Å². The second-order valence-electron chi connectivity index (χ2n) is 11.2. The number of esters is 2. The van der Waals surface area contributed by atoms with E-state index in [2.05, 4.69) is 12.1 Å². The highest BCUT2D eigenvalue weighted by molar-refractivity contribution is 7.99. The average Bonchev–Trinajstić information content (AvgIpc) is 3.12. The van der Waals surface area contributed by atoms with E-state index in [4.69, 9.17) is 18.9 Å². The predicted molar refractivity (Wildman–Crippen MR) is 192 cm³/mol. The summed E-state index contributed by atoms with van der Waals surface area (Å²) in [5, 5.41) is 0. The lowest BCUT2D eigenvalue weighted by Gasteiger charge is -2.15. The quantitative estimate of drug-likeness (QED) is 0.120. The van der Waals surface area contributed by atoms with Crippen LogP contribution in [0.2, 0.25) is 0 Å². The molecule has 7 heteroatoms. The van der Waals surface area contributed by atoms with E-state index in [1.807, 2.05) is 133 Å². The van der Waals surface area contributed by atoms with E-state index in [1.165, 1.54) is 13.8 Å². The summed E-state index contributed by atoms with van der Waals surface area (Å²) in [6.07, 6.45) is 0. The number of hydrogen-bond acceptors (Lipinski definition) is 7. The van der Waals surface area contributed by atoms with Gasteiger partial charge >= 0.3 is 11.9 Å². The highest BCUT2D eigenvalue weighted by Crippen LogP contribution is 2.37. The molecule has 0 spiro atoms. The van der Waals surface area contributed by atoms with Gasteiger partial charge in [-0.2, -0.15) is 0 Å². The van der Waals surface area contributed by atoms with Gasteiger partial charge in [-0.3, -0.25) is 9.59 Å². The summed E-state index contributed by atoms with van der Waals surface area (Å²) < 4.78 is 22.8. The molecule has 6 nitrogen and oxygen atoms in total. The SMILES string of the molecule is CC(=O)OCc1cc(Sc2ccc(-c3ccc(Oc4ccccc4)cc3)c(COC(C)=O)c2)ccc1-c1ccc(Oc2ccccc2)cc1. The van der Waals surface area contributed by atoms with Gasteiger partial charge in [-0.15, -0.1) is 0 Å². The normalized spacial score (nSPS) is 10.7. The summed E-state index contributed by atoms with van der Waals surface area (Å²) in [6, 6.07) is 47.2. The van der Waals surface area contributed by atoms with Crippen LogP contribution in [0.4, 0.5) is 0 Å². The van der Waals surface area contributed by atoms with Gasteiger partial charge in [-0.05, 0) is 106 Å². The third kappa shape index (κ3) is 9.18. The molecule has 0 aliphatic heterocycles. The summed E-state index contributed by atoms with van der Waals surface area (Å²) in [5.41, 5.74) is 5.64. The van der Waals surface area contributed by atoms with Crippen LogP contribution < -0.4 is 9.47 Å². The van der Waals surface area contributed by atoms with Crippen LogP contribution >= 0.6 is 11.8 Å². The lowest BCUT2D eigenvalue weighted by molar-refractivity contribution is -0.143. The van der Waals surface area contributed by atoms with Crippen LogP contribution in [0, 0.1) is 0 Å². The van der Waals surface area contributed by atoms with Crippen LogP contribution in [-0.2, 0) is 32.3 Å². The molecule has 0 aromatic heterocycles. The van der Waals surface area contributed by atoms with Crippen LogP contribution in [-0.4, -0.2) is 11.9 Å². The third-order valence-electron chi connectivity index (χ3n) is 7.54. The van der Waals surface area contributed by atoms with Crippen molar-refractivity contribution in [2.45, 2.75) is 36.9 Å². The van der Waals surface area contributed by atoms with Gasteiger partial charge in [0, 0.05) is 23.6 Å². The minimum absolute atomic E-state index is 0.141. The van der Waals surface area contributed by atoms with Crippen molar-refractivity contribution < 1.29 is 28.5 Å². The van der Waals surface area contributed by atoms with Crippen molar-refractivity contribution in [3.05, 3.63) is 157 Å². The Morgan fingerprint density at radius 2 is 0.837 bits per heavy atom. The molecule has 0 amide bonds. The zero-order valence-corrected chi connectivity index (χ0v) is 27.9. The molecule has 6 aromatic carbocycles. The minimum Gasteiger partial charge on any atom is -0.461 e. The number of rotatable bonds is 12. The van der Waals surface area contributed by atoms with Crippen molar-refractivity contribution in [3.63, 3.8) is 0 Å². The lowest BCUT2D eigenvalue weighted by atomic mass is 10.00. The van der Waals surface area contributed by atoms with E-state index in [1.54, 1.807) is 11.8 Å². The van der Waals surface area contributed by atoms with Gasteiger partial charge in [0.2, 0.25) is 0 Å². The molecule has 0 N–H and O–H groups in total. The second-order valence-corrected chi connectivity index (χ2v) is 12.3. The van der Waals surface area contributed by atoms with E-state index < -0.39 is 0 Å². The van der Waals surface area contributed by atoms with Crippen molar-refractivity contribution in [1.82, 2.24) is 0 Å². The van der Waals surface area contributed by atoms with E-state index >= 15 is 0 Å². The Hall–Kier alpha value is -5.79. The molecule has 0 radical (unpaired) electrons. The van der Waals surface area contributed by atoms with Crippen LogP contribution in [0.1, 0.15) is 25.0 Å². The minimum atomic E-state index is -0.346. The summed E-state index contributed by atoms with van der Waals surface area (Å²) in [7, 11) is 0. The van der Waals surface area contributed by atoms with Gasteiger partial charge in [0.05, 0.1) is 0 Å². The Balaban J connectivity index is 1.23. The number of carbonyl (C=O) groups excluding carboxylic acids is 2. The molecule has 6 rings (SSSR count). The van der Waals surface area contributed by atoms with E-state index in [0.717, 1.165) is 66.2 Å². The first kappa shape index (κ1) is 33.1. The van der Waals surface area contributed by atoms with Crippen LogP contribution in [0.25, 0.3) is 22.3 Å². The summed E-state index contributed by atoms with van der Waals surface area (Å²) >= 11 is 1.58. The maximum Gasteiger partial charge on any atom is 0.302 e. The molecule has 0 saturated heterocycles. The van der Waals surface area contributed by atoms with Gasteiger partial charge in [0.15, 0.2) is 0 Å². The average molecular weight is 667 g/mol. The van der Waals surface area contributed by atoms with Crippen LogP contribution in [0.5, 0.6) is 23.0 Å². The fourth-order valence-electron chi connectivity index (χ4n) is 5.22. The Morgan fingerprint density at radius 1 is 0.469 bits per heavy atom. The molecular weight excluding hydrogens is 633 g/mol. The smallest absolute Gasteiger partial charge is 0.302 e. The highest BCUT2D eigenvalue weighted by atomic mass is 32.2. The predicted octanol–water partition coefficient (Wildman–Crippen LogP) is 10.9. The monoisotopic (exact) mass is 666 g/mol. The molecule has 0 aliphatic rings. The second kappa shape index (κ2) is 15.9. The molecule has 244 valence electrons. The van der Waals surface area contributed by atoms with Crippen molar-refractivity contribution in [3.8, 4) is 45.3 Å². The number of carbonyl (C=O) groups is 2. The largest absolute Gasteiger partial charge is 0.461 e. The molecule has 0 aliphatic carbocycles. The molecule has 0 fully saturated rings. The van der Waals surface area contributed by atoms with Gasteiger partial charge < -0.3 is 18.9 Å². The van der Waals surface area contributed by atoms with E-state index in [9.17, 15) is 9.59 Å². The molecule has 0 heterocycles. The zero-order valence-electron chi connectivity index (χ0n) is 27.1. The van der Waals surface area contributed by atoms with E-state index in [0.29, 0.717) is 0 Å². The van der Waals surface area contributed by atoms with Crippen molar-refractivity contribution >= 4 is 23.7 Å². The molecule has 0 unspecified atom stereocenters. The van der Waals surface area contributed by atoms with Gasteiger partial charge in [-0.1, -0.05) is 84.6 Å².